The molecule has 1 heterocycles. The van der Waals surface area contributed by atoms with Gasteiger partial charge in [0.1, 0.15) is 5.69 Å². The lowest BCUT2D eigenvalue weighted by Crippen LogP contribution is -2.17. The normalized spacial score (nSPS) is 14.4. The van der Waals surface area contributed by atoms with Gasteiger partial charge in [-0.15, -0.1) is 0 Å². The third kappa shape index (κ3) is 1.97. The van der Waals surface area contributed by atoms with Crippen molar-refractivity contribution in [2.45, 2.75) is 18.9 Å². The van der Waals surface area contributed by atoms with E-state index in [4.69, 9.17) is 5.73 Å². The van der Waals surface area contributed by atoms with Gasteiger partial charge in [-0.05, 0) is 37.1 Å². The number of anilines is 2. The van der Waals surface area contributed by atoms with E-state index < -0.39 is 0 Å². The van der Waals surface area contributed by atoms with Gasteiger partial charge < -0.3 is 15.6 Å². The number of rotatable bonds is 3. The van der Waals surface area contributed by atoms with Crippen molar-refractivity contribution in [2.24, 2.45) is 0 Å². The number of carbonyl (C=O) groups excluding carboxylic acids is 1. The van der Waals surface area contributed by atoms with E-state index in [9.17, 15) is 4.79 Å². The van der Waals surface area contributed by atoms with Crippen molar-refractivity contribution >= 4 is 17.3 Å². The van der Waals surface area contributed by atoms with Crippen molar-refractivity contribution in [3.63, 3.8) is 0 Å². The SMILES string of the molecule is Nc1ccccc1NC(=O)c1cccn1C1CC1. The third-order valence-electron chi connectivity index (χ3n) is 3.16. The molecule has 0 aliphatic heterocycles. The summed E-state index contributed by atoms with van der Waals surface area (Å²) in [4.78, 5) is 12.2. The lowest BCUT2D eigenvalue weighted by molar-refractivity contribution is 0.101. The van der Waals surface area contributed by atoms with Crippen molar-refractivity contribution in [2.75, 3.05) is 11.1 Å². The zero-order valence-corrected chi connectivity index (χ0v) is 9.97. The first-order valence-corrected chi connectivity index (χ1v) is 6.08. The summed E-state index contributed by atoms with van der Waals surface area (Å²) in [6.45, 7) is 0. The molecule has 4 heteroatoms. The van der Waals surface area contributed by atoms with Crippen molar-refractivity contribution in [1.82, 2.24) is 4.57 Å². The molecule has 1 saturated carbocycles. The van der Waals surface area contributed by atoms with E-state index in [1.54, 1.807) is 12.1 Å². The van der Waals surface area contributed by atoms with Crippen molar-refractivity contribution in [3.05, 3.63) is 48.3 Å². The molecule has 1 aliphatic carbocycles. The van der Waals surface area contributed by atoms with E-state index in [0.717, 1.165) is 12.8 Å². The van der Waals surface area contributed by atoms with E-state index in [1.165, 1.54) is 0 Å². The van der Waals surface area contributed by atoms with E-state index >= 15 is 0 Å². The molecule has 1 fully saturated rings. The Kier molecular flexibility index (Phi) is 2.55. The lowest BCUT2D eigenvalue weighted by Gasteiger charge is -2.10. The van der Waals surface area contributed by atoms with Crippen molar-refractivity contribution in [1.29, 1.82) is 0 Å². The molecule has 1 aliphatic rings. The summed E-state index contributed by atoms with van der Waals surface area (Å²) < 4.78 is 2.04. The third-order valence-corrected chi connectivity index (χ3v) is 3.16. The minimum absolute atomic E-state index is 0.107. The predicted molar refractivity (Wildman–Crippen MR) is 71.5 cm³/mol. The van der Waals surface area contributed by atoms with E-state index in [-0.39, 0.29) is 5.91 Å². The maximum Gasteiger partial charge on any atom is 0.272 e. The quantitative estimate of drug-likeness (QED) is 0.811. The molecule has 1 aromatic heterocycles. The van der Waals surface area contributed by atoms with Crippen LogP contribution in [-0.4, -0.2) is 10.5 Å². The van der Waals surface area contributed by atoms with Crippen molar-refractivity contribution < 1.29 is 4.79 Å². The largest absolute Gasteiger partial charge is 0.397 e. The Morgan fingerprint density at radius 3 is 2.72 bits per heavy atom. The standard InChI is InChI=1S/C14H15N3O/c15-11-4-1-2-5-12(11)16-14(18)13-6-3-9-17(13)10-7-8-10/h1-6,9-10H,7-8,15H2,(H,16,18). The van der Waals surface area contributed by atoms with Crippen LogP contribution >= 0.6 is 0 Å². The number of hydrogen-bond acceptors (Lipinski definition) is 2. The highest BCUT2D eigenvalue weighted by atomic mass is 16.2. The highest BCUT2D eigenvalue weighted by Crippen LogP contribution is 2.36. The topological polar surface area (TPSA) is 60.0 Å². The van der Waals surface area contributed by atoms with Crippen LogP contribution in [0, 0.1) is 0 Å². The maximum absolute atomic E-state index is 12.2. The smallest absolute Gasteiger partial charge is 0.272 e. The van der Waals surface area contributed by atoms with Gasteiger partial charge in [-0.2, -0.15) is 0 Å². The molecular weight excluding hydrogens is 226 g/mol. The molecular formula is C14H15N3O. The number of benzene rings is 1. The van der Waals surface area contributed by atoms with Gasteiger partial charge in [-0.25, -0.2) is 0 Å². The van der Waals surface area contributed by atoms with Gasteiger partial charge in [0.2, 0.25) is 0 Å². The molecule has 18 heavy (non-hydrogen) atoms. The summed E-state index contributed by atoms with van der Waals surface area (Å²) in [7, 11) is 0. The van der Waals surface area contributed by atoms with Gasteiger partial charge in [0.05, 0.1) is 11.4 Å². The molecule has 0 atom stereocenters. The van der Waals surface area contributed by atoms with Crippen LogP contribution in [0.5, 0.6) is 0 Å². The predicted octanol–water partition coefficient (Wildman–Crippen LogP) is 2.66. The van der Waals surface area contributed by atoms with Gasteiger partial charge in [-0.3, -0.25) is 4.79 Å². The second kappa shape index (κ2) is 4.22. The van der Waals surface area contributed by atoms with Gasteiger partial charge in [0.25, 0.3) is 5.91 Å². The number of carbonyl (C=O) groups is 1. The fourth-order valence-corrected chi connectivity index (χ4v) is 2.05. The molecule has 0 unspecified atom stereocenters. The number of amides is 1. The summed E-state index contributed by atoms with van der Waals surface area (Å²) >= 11 is 0. The monoisotopic (exact) mass is 241 g/mol. The molecule has 0 saturated heterocycles. The number of nitrogens with two attached hydrogens (primary N) is 1. The fraction of sp³-hybridized carbons (Fsp3) is 0.214. The van der Waals surface area contributed by atoms with Crippen molar-refractivity contribution in [3.8, 4) is 0 Å². The molecule has 3 rings (SSSR count). The molecule has 1 amide bonds. The summed E-state index contributed by atoms with van der Waals surface area (Å²) in [5, 5.41) is 2.85. The van der Waals surface area contributed by atoms with Gasteiger partial charge in [-0.1, -0.05) is 12.1 Å². The van der Waals surface area contributed by atoms with Crippen LogP contribution in [0.2, 0.25) is 0 Å². The van der Waals surface area contributed by atoms with Crippen LogP contribution < -0.4 is 11.1 Å². The molecule has 92 valence electrons. The Morgan fingerprint density at radius 1 is 1.22 bits per heavy atom. The lowest BCUT2D eigenvalue weighted by atomic mass is 10.2. The summed E-state index contributed by atoms with van der Waals surface area (Å²) in [5.41, 5.74) is 7.74. The summed E-state index contributed by atoms with van der Waals surface area (Å²) in [6, 6.07) is 11.5. The first kappa shape index (κ1) is 10.9. The first-order valence-electron chi connectivity index (χ1n) is 6.08. The molecule has 4 nitrogen and oxygen atoms in total. The van der Waals surface area contributed by atoms with Gasteiger partial charge >= 0.3 is 0 Å². The highest BCUT2D eigenvalue weighted by molar-refractivity contribution is 6.04. The zero-order chi connectivity index (χ0) is 12.5. The summed E-state index contributed by atoms with van der Waals surface area (Å²) in [5.74, 6) is -0.107. The second-order valence-electron chi connectivity index (χ2n) is 4.57. The number of nitrogens with one attached hydrogen (secondary N) is 1. The number of hydrogen-bond donors (Lipinski definition) is 2. The van der Waals surface area contributed by atoms with Crippen LogP contribution in [0.4, 0.5) is 11.4 Å². The minimum Gasteiger partial charge on any atom is -0.397 e. The highest BCUT2D eigenvalue weighted by Gasteiger charge is 2.26. The Balaban J connectivity index is 1.83. The molecule has 0 radical (unpaired) electrons. The molecule has 0 spiro atoms. The average molecular weight is 241 g/mol. The minimum atomic E-state index is -0.107. The maximum atomic E-state index is 12.2. The number of para-hydroxylation sites is 2. The van der Waals surface area contributed by atoms with E-state index in [2.05, 4.69) is 5.32 Å². The molecule has 2 aromatic rings. The van der Waals surface area contributed by atoms with Gasteiger partial charge in [0, 0.05) is 12.2 Å². The van der Waals surface area contributed by atoms with Crippen LogP contribution in [0.15, 0.2) is 42.6 Å². The Bertz CT molecular complexity index is 584. The zero-order valence-electron chi connectivity index (χ0n) is 9.97. The van der Waals surface area contributed by atoms with Crippen LogP contribution in [0.1, 0.15) is 29.4 Å². The Hall–Kier alpha value is -2.23. The number of aromatic nitrogens is 1. The Labute approximate surface area is 105 Å². The average Bonchev–Trinajstić information content (AvgIpc) is 3.09. The number of nitrogens with zero attached hydrogens (tertiary/aromatic N) is 1. The van der Waals surface area contributed by atoms with Gasteiger partial charge in [0.15, 0.2) is 0 Å². The summed E-state index contributed by atoms with van der Waals surface area (Å²) in [6.07, 6.45) is 4.27. The Morgan fingerprint density at radius 2 is 2.00 bits per heavy atom. The molecule has 1 aromatic carbocycles. The van der Waals surface area contributed by atoms with E-state index in [0.29, 0.717) is 23.1 Å². The van der Waals surface area contributed by atoms with Crippen LogP contribution in [-0.2, 0) is 0 Å². The first-order chi connectivity index (χ1) is 8.75. The second-order valence-corrected chi connectivity index (χ2v) is 4.57. The van der Waals surface area contributed by atoms with E-state index in [1.807, 2.05) is 35.0 Å². The van der Waals surface area contributed by atoms with Crippen LogP contribution in [0.25, 0.3) is 0 Å². The van der Waals surface area contributed by atoms with Crippen LogP contribution in [0.3, 0.4) is 0 Å². The molecule has 3 N–H and O–H groups in total. The molecule has 0 bridgehead atoms. The number of nitrogen functional groups attached to an aromatic ring is 1. The fourth-order valence-electron chi connectivity index (χ4n) is 2.05.